The summed E-state index contributed by atoms with van der Waals surface area (Å²) in [4.78, 5) is 0. The van der Waals surface area contributed by atoms with Crippen molar-refractivity contribution in [3.63, 3.8) is 0 Å². The molecule has 4 nitrogen and oxygen atoms in total. The molecule has 104 valence electrons. The molecule has 3 aliphatic heterocycles. The van der Waals surface area contributed by atoms with Crippen molar-refractivity contribution in [3.05, 3.63) is 0 Å². The number of nitrogens with one attached hydrogen (secondary N) is 1. The average molecular weight is 255 g/mol. The van der Waals surface area contributed by atoms with E-state index in [1.54, 1.807) is 0 Å². The Morgan fingerprint density at radius 1 is 1.11 bits per heavy atom. The molecule has 1 spiro atoms. The summed E-state index contributed by atoms with van der Waals surface area (Å²) in [6.07, 6.45) is 6.02. The number of β-amino-alcohol motifs (C(OH)–C–C–N with tert-alkyl or cyclic N) is 1. The van der Waals surface area contributed by atoms with Crippen LogP contribution in [0.1, 0.15) is 38.5 Å². The van der Waals surface area contributed by atoms with Crippen molar-refractivity contribution >= 4 is 0 Å². The largest absolute Gasteiger partial charge is 0.388 e. The third-order valence-electron chi connectivity index (χ3n) is 5.05. The van der Waals surface area contributed by atoms with E-state index in [-0.39, 0.29) is 5.60 Å². The van der Waals surface area contributed by atoms with E-state index in [9.17, 15) is 5.11 Å². The molecule has 2 N–H and O–H groups in total. The lowest BCUT2D eigenvalue weighted by Gasteiger charge is -2.49. The number of rotatable bonds is 1. The molecule has 3 aliphatic rings. The maximum absolute atomic E-state index is 10.9. The quantitative estimate of drug-likeness (QED) is 0.736. The van der Waals surface area contributed by atoms with E-state index in [0.717, 1.165) is 71.4 Å². The second-order valence-corrected chi connectivity index (χ2v) is 6.22. The van der Waals surface area contributed by atoms with Gasteiger partial charge in [-0.15, -0.1) is 0 Å². The molecule has 0 aromatic rings. The molecule has 3 heterocycles. The van der Waals surface area contributed by atoms with E-state index in [4.69, 9.17) is 9.47 Å². The lowest BCUT2D eigenvalue weighted by atomic mass is 9.71. The highest BCUT2D eigenvalue weighted by atomic mass is 16.5. The van der Waals surface area contributed by atoms with Crippen LogP contribution in [0.25, 0.3) is 0 Å². The van der Waals surface area contributed by atoms with Crippen LogP contribution in [0.5, 0.6) is 0 Å². The van der Waals surface area contributed by atoms with Crippen LogP contribution in [0.2, 0.25) is 0 Å². The Morgan fingerprint density at radius 3 is 2.67 bits per heavy atom. The smallest absolute Gasteiger partial charge is 0.0801 e. The van der Waals surface area contributed by atoms with Crippen LogP contribution in [0.4, 0.5) is 0 Å². The zero-order valence-corrected chi connectivity index (χ0v) is 11.1. The molecule has 18 heavy (non-hydrogen) atoms. The van der Waals surface area contributed by atoms with Crippen LogP contribution in [-0.2, 0) is 9.47 Å². The van der Waals surface area contributed by atoms with Gasteiger partial charge in [-0.2, -0.15) is 0 Å². The van der Waals surface area contributed by atoms with Crippen LogP contribution in [0.3, 0.4) is 0 Å². The molecule has 2 atom stereocenters. The first-order valence-corrected chi connectivity index (χ1v) is 7.37. The number of hydrogen-bond donors (Lipinski definition) is 2. The normalized spacial score (nSPS) is 40.8. The number of ether oxygens (including phenoxy) is 2. The zero-order chi connectivity index (χ0) is 12.5. The predicted octanol–water partition coefficient (Wildman–Crippen LogP) is 1.08. The minimum absolute atomic E-state index is 0.00561. The van der Waals surface area contributed by atoms with Crippen molar-refractivity contribution in [2.75, 3.05) is 32.9 Å². The van der Waals surface area contributed by atoms with Crippen LogP contribution >= 0.6 is 0 Å². The number of piperidine rings is 1. The van der Waals surface area contributed by atoms with E-state index in [2.05, 4.69) is 5.32 Å². The molecule has 2 unspecified atom stereocenters. The van der Waals surface area contributed by atoms with E-state index >= 15 is 0 Å². The van der Waals surface area contributed by atoms with Gasteiger partial charge in [0.25, 0.3) is 0 Å². The molecule has 0 saturated carbocycles. The molecule has 0 aromatic carbocycles. The SMILES string of the molecule is OC1(C2CCOC3(CCOCC3)C2)CCCNC1. The van der Waals surface area contributed by atoms with E-state index in [1.807, 2.05) is 0 Å². The van der Waals surface area contributed by atoms with Gasteiger partial charge < -0.3 is 19.9 Å². The fourth-order valence-electron chi connectivity index (χ4n) is 3.84. The summed E-state index contributed by atoms with van der Waals surface area (Å²) in [6.45, 7) is 4.22. The molecule has 0 aromatic heterocycles. The second-order valence-electron chi connectivity index (χ2n) is 6.22. The Hall–Kier alpha value is -0.160. The van der Waals surface area contributed by atoms with Gasteiger partial charge in [-0.05, 0) is 51.0 Å². The van der Waals surface area contributed by atoms with Gasteiger partial charge in [0.15, 0.2) is 0 Å². The predicted molar refractivity (Wildman–Crippen MR) is 68.5 cm³/mol. The van der Waals surface area contributed by atoms with Gasteiger partial charge >= 0.3 is 0 Å². The summed E-state index contributed by atoms with van der Waals surface area (Å²) in [5, 5.41) is 14.2. The maximum Gasteiger partial charge on any atom is 0.0801 e. The first-order chi connectivity index (χ1) is 8.73. The summed E-state index contributed by atoms with van der Waals surface area (Å²) < 4.78 is 11.5. The minimum Gasteiger partial charge on any atom is -0.388 e. The standard InChI is InChI=1S/C14H25NO3/c16-14(3-1-6-15-11-14)12-2-7-18-13(10-12)4-8-17-9-5-13/h12,15-16H,1-11H2. The highest BCUT2D eigenvalue weighted by Crippen LogP contribution is 2.42. The Morgan fingerprint density at radius 2 is 1.94 bits per heavy atom. The Balaban J connectivity index is 1.69. The monoisotopic (exact) mass is 255 g/mol. The zero-order valence-electron chi connectivity index (χ0n) is 11.1. The molecule has 4 heteroatoms. The van der Waals surface area contributed by atoms with Crippen LogP contribution < -0.4 is 5.32 Å². The van der Waals surface area contributed by atoms with E-state index < -0.39 is 5.60 Å². The fourth-order valence-corrected chi connectivity index (χ4v) is 3.84. The molecule has 0 radical (unpaired) electrons. The van der Waals surface area contributed by atoms with E-state index in [1.165, 1.54) is 0 Å². The Bertz CT molecular complexity index is 264. The molecule has 3 fully saturated rings. The van der Waals surface area contributed by atoms with Crippen molar-refractivity contribution in [3.8, 4) is 0 Å². The van der Waals surface area contributed by atoms with Gasteiger partial charge in [-0.25, -0.2) is 0 Å². The van der Waals surface area contributed by atoms with Crippen molar-refractivity contribution in [2.24, 2.45) is 5.92 Å². The molecule has 0 amide bonds. The third-order valence-corrected chi connectivity index (χ3v) is 5.05. The van der Waals surface area contributed by atoms with Crippen LogP contribution in [0.15, 0.2) is 0 Å². The lowest BCUT2D eigenvalue weighted by molar-refractivity contribution is -0.177. The highest BCUT2D eigenvalue weighted by Gasteiger charge is 2.46. The summed E-state index contributed by atoms with van der Waals surface area (Å²) in [7, 11) is 0. The fraction of sp³-hybridized carbons (Fsp3) is 1.00. The van der Waals surface area contributed by atoms with Crippen molar-refractivity contribution < 1.29 is 14.6 Å². The maximum atomic E-state index is 10.9. The minimum atomic E-state index is -0.507. The van der Waals surface area contributed by atoms with Crippen molar-refractivity contribution in [1.82, 2.24) is 5.32 Å². The van der Waals surface area contributed by atoms with Gasteiger partial charge in [0.1, 0.15) is 0 Å². The van der Waals surface area contributed by atoms with E-state index in [0.29, 0.717) is 5.92 Å². The second kappa shape index (κ2) is 5.08. The van der Waals surface area contributed by atoms with Gasteiger partial charge in [0, 0.05) is 26.4 Å². The van der Waals surface area contributed by atoms with Crippen molar-refractivity contribution in [1.29, 1.82) is 0 Å². The van der Waals surface area contributed by atoms with Crippen LogP contribution in [-0.4, -0.2) is 49.2 Å². The van der Waals surface area contributed by atoms with Gasteiger partial charge in [-0.3, -0.25) is 0 Å². The first kappa shape index (κ1) is 12.9. The molecule has 3 rings (SSSR count). The third kappa shape index (κ3) is 2.44. The van der Waals surface area contributed by atoms with Gasteiger partial charge in [-0.1, -0.05) is 0 Å². The lowest BCUT2D eigenvalue weighted by Crippen LogP contribution is -2.56. The Labute approximate surface area is 109 Å². The van der Waals surface area contributed by atoms with Gasteiger partial charge in [0.05, 0.1) is 11.2 Å². The average Bonchev–Trinajstić information content (AvgIpc) is 2.41. The molecular formula is C14H25NO3. The first-order valence-electron chi connectivity index (χ1n) is 7.37. The van der Waals surface area contributed by atoms with Crippen LogP contribution in [0, 0.1) is 5.92 Å². The summed E-state index contributed by atoms with van der Waals surface area (Å²) in [6, 6.07) is 0. The number of aliphatic hydroxyl groups is 1. The summed E-state index contributed by atoms with van der Waals surface area (Å²) in [5.74, 6) is 0.386. The molecule has 3 saturated heterocycles. The molecule has 0 aliphatic carbocycles. The van der Waals surface area contributed by atoms with Crippen molar-refractivity contribution in [2.45, 2.75) is 49.7 Å². The molecule has 0 bridgehead atoms. The summed E-state index contributed by atoms with van der Waals surface area (Å²) >= 11 is 0. The highest BCUT2D eigenvalue weighted by molar-refractivity contribution is 4.98. The number of hydrogen-bond acceptors (Lipinski definition) is 4. The summed E-state index contributed by atoms with van der Waals surface area (Å²) in [5.41, 5.74) is -0.512. The Kier molecular flexibility index (Phi) is 3.63. The topological polar surface area (TPSA) is 50.7 Å². The molecular weight excluding hydrogens is 230 g/mol. The van der Waals surface area contributed by atoms with Gasteiger partial charge in [0.2, 0.25) is 0 Å².